The maximum atomic E-state index is 12.5. The van der Waals surface area contributed by atoms with E-state index in [0.29, 0.717) is 15.8 Å². The molecule has 1 aliphatic rings. The molecular weight excluding hydrogens is 445 g/mol. The van der Waals surface area contributed by atoms with Crippen molar-refractivity contribution in [3.05, 3.63) is 57.9 Å². The van der Waals surface area contributed by atoms with E-state index in [1.807, 2.05) is 47.8 Å². The molecule has 0 radical (unpaired) electrons. The van der Waals surface area contributed by atoms with Gasteiger partial charge in [-0.3, -0.25) is 4.79 Å². The van der Waals surface area contributed by atoms with Gasteiger partial charge in [-0.25, -0.2) is 4.98 Å². The quantitative estimate of drug-likeness (QED) is 0.426. The Hall–Kier alpha value is -1.73. The van der Waals surface area contributed by atoms with Gasteiger partial charge in [-0.1, -0.05) is 47.1 Å². The van der Waals surface area contributed by atoms with E-state index in [0.717, 1.165) is 40.1 Å². The number of hydrogen-bond acceptors (Lipinski definition) is 5. The molecule has 2 aromatic carbocycles. The van der Waals surface area contributed by atoms with Crippen LogP contribution in [0.3, 0.4) is 0 Å². The summed E-state index contributed by atoms with van der Waals surface area (Å²) in [6, 6.07) is 13.2. The van der Waals surface area contributed by atoms with Crippen molar-refractivity contribution in [3.63, 3.8) is 0 Å². The highest BCUT2D eigenvalue weighted by Crippen LogP contribution is 2.32. The van der Waals surface area contributed by atoms with E-state index in [1.165, 1.54) is 35.9 Å². The van der Waals surface area contributed by atoms with Crippen molar-refractivity contribution in [3.8, 4) is 11.3 Å². The van der Waals surface area contributed by atoms with E-state index in [9.17, 15) is 4.79 Å². The van der Waals surface area contributed by atoms with Gasteiger partial charge in [0.15, 0.2) is 4.34 Å². The fourth-order valence-corrected chi connectivity index (χ4v) is 5.17. The van der Waals surface area contributed by atoms with Gasteiger partial charge >= 0.3 is 0 Å². The Balaban J connectivity index is 1.38. The molecule has 3 aromatic rings. The van der Waals surface area contributed by atoms with Crippen LogP contribution in [-0.2, 0) is 4.79 Å². The maximum Gasteiger partial charge on any atom is 0.234 e. The summed E-state index contributed by atoms with van der Waals surface area (Å²) in [5, 5.41) is 6.32. The van der Waals surface area contributed by atoms with E-state index in [4.69, 9.17) is 23.2 Å². The summed E-state index contributed by atoms with van der Waals surface area (Å²) in [6.07, 6.45) is 2.34. The number of aromatic nitrogens is 1. The zero-order valence-corrected chi connectivity index (χ0v) is 18.7. The van der Waals surface area contributed by atoms with E-state index in [-0.39, 0.29) is 5.91 Å². The summed E-state index contributed by atoms with van der Waals surface area (Å²) in [5.74, 6) is 0.223. The molecule has 4 rings (SSSR count). The Bertz CT molecular complexity index is 1000. The van der Waals surface area contributed by atoms with Crippen molar-refractivity contribution >= 4 is 63.6 Å². The van der Waals surface area contributed by atoms with Crippen molar-refractivity contribution in [1.82, 2.24) is 4.98 Å². The van der Waals surface area contributed by atoms with Crippen molar-refractivity contribution in [1.29, 1.82) is 0 Å². The number of hydrogen-bond donors (Lipinski definition) is 1. The number of thiazole rings is 1. The van der Waals surface area contributed by atoms with Gasteiger partial charge in [0.1, 0.15) is 0 Å². The number of carbonyl (C=O) groups excluding carboxylic acids is 1. The third-order valence-corrected chi connectivity index (χ3v) is 7.14. The van der Waals surface area contributed by atoms with Crippen LogP contribution in [-0.4, -0.2) is 29.7 Å². The van der Waals surface area contributed by atoms with E-state index in [2.05, 4.69) is 15.2 Å². The zero-order valence-electron chi connectivity index (χ0n) is 15.5. The van der Waals surface area contributed by atoms with Gasteiger partial charge in [0.2, 0.25) is 5.91 Å². The molecule has 0 aliphatic carbocycles. The van der Waals surface area contributed by atoms with E-state index < -0.39 is 0 Å². The Morgan fingerprint density at radius 2 is 1.83 bits per heavy atom. The van der Waals surface area contributed by atoms with Crippen LogP contribution < -0.4 is 10.2 Å². The Morgan fingerprint density at radius 1 is 1.10 bits per heavy atom. The number of amides is 1. The van der Waals surface area contributed by atoms with Crippen LogP contribution in [0.15, 0.2) is 52.2 Å². The fraction of sp³-hybridized carbons (Fsp3) is 0.238. The first-order chi connectivity index (χ1) is 14.1. The number of nitrogens with one attached hydrogen (secondary N) is 1. The number of rotatable bonds is 6. The SMILES string of the molecule is O=C(CSc1nc(-c2ccc(Cl)cc2)cs1)Nc1cc(Cl)ccc1N1CCCC1. The molecule has 1 amide bonds. The normalized spacial score (nSPS) is 13.7. The summed E-state index contributed by atoms with van der Waals surface area (Å²) in [4.78, 5) is 19.4. The summed E-state index contributed by atoms with van der Waals surface area (Å²) >= 11 is 15.1. The number of halogens is 2. The lowest BCUT2D eigenvalue weighted by molar-refractivity contribution is -0.113. The molecule has 4 nitrogen and oxygen atoms in total. The molecule has 1 aromatic heterocycles. The average molecular weight is 464 g/mol. The van der Waals surface area contributed by atoms with Crippen LogP contribution >= 0.6 is 46.3 Å². The molecule has 0 saturated carbocycles. The third kappa shape index (κ3) is 5.25. The molecule has 1 saturated heterocycles. The molecule has 0 bridgehead atoms. The Morgan fingerprint density at radius 3 is 2.59 bits per heavy atom. The van der Waals surface area contributed by atoms with Crippen molar-refractivity contribution in [2.24, 2.45) is 0 Å². The van der Waals surface area contributed by atoms with E-state index >= 15 is 0 Å². The molecule has 1 N–H and O–H groups in total. The molecule has 8 heteroatoms. The van der Waals surface area contributed by atoms with Crippen LogP contribution in [0.1, 0.15) is 12.8 Å². The van der Waals surface area contributed by atoms with Crippen LogP contribution in [0.2, 0.25) is 10.0 Å². The van der Waals surface area contributed by atoms with Crippen molar-refractivity contribution < 1.29 is 4.79 Å². The number of thioether (sulfide) groups is 1. The predicted octanol–water partition coefficient (Wildman–Crippen LogP) is 6.45. The van der Waals surface area contributed by atoms with Crippen LogP contribution in [0.25, 0.3) is 11.3 Å². The minimum Gasteiger partial charge on any atom is -0.370 e. The zero-order chi connectivity index (χ0) is 20.2. The molecule has 29 heavy (non-hydrogen) atoms. The molecule has 150 valence electrons. The van der Waals surface area contributed by atoms with Crippen molar-refractivity contribution in [2.75, 3.05) is 29.1 Å². The highest BCUT2D eigenvalue weighted by Gasteiger charge is 2.17. The number of benzene rings is 2. The minimum absolute atomic E-state index is 0.0686. The first-order valence-electron chi connectivity index (χ1n) is 9.27. The van der Waals surface area contributed by atoms with Crippen LogP contribution in [0, 0.1) is 0 Å². The first kappa shape index (κ1) is 20.5. The Kier molecular flexibility index (Phi) is 6.65. The van der Waals surface area contributed by atoms with Gasteiger partial charge in [0.25, 0.3) is 0 Å². The fourth-order valence-electron chi connectivity index (χ4n) is 3.23. The lowest BCUT2D eigenvalue weighted by Gasteiger charge is -2.21. The monoisotopic (exact) mass is 463 g/mol. The molecular formula is C21H19Cl2N3OS2. The Labute approximate surface area is 188 Å². The summed E-state index contributed by atoms with van der Waals surface area (Å²) in [7, 11) is 0. The highest BCUT2D eigenvalue weighted by atomic mass is 35.5. The first-order valence-corrected chi connectivity index (χ1v) is 11.9. The lowest BCUT2D eigenvalue weighted by Crippen LogP contribution is -2.21. The van der Waals surface area contributed by atoms with Crippen LogP contribution in [0.5, 0.6) is 0 Å². The highest BCUT2D eigenvalue weighted by molar-refractivity contribution is 8.01. The van der Waals surface area contributed by atoms with Gasteiger partial charge < -0.3 is 10.2 Å². The number of anilines is 2. The minimum atomic E-state index is -0.0686. The summed E-state index contributed by atoms with van der Waals surface area (Å²) < 4.78 is 0.857. The van der Waals surface area contributed by atoms with Gasteiger partial charge in [-0.2, -0.15) is 0 Å². The molecule has 0 atom stereocenters. The van der Waals surface area contributed by atoms with Gasteiger partial charge in [-0.05, 0) is 43.2 Å². The second-order valence-electron chi connectivity index (χ2n) is 6.70. The summed E-state index contributed by atoms with van der Waals surface area (Å²) in [5.41, 5.74) is 3.70. The molecule has 1 aliphatic heterocycles. The maximum absolute atomic E-state index is 12.5. The largest absolute Gasteiger partial charge is 0.370 e. The topological polar surface area (TPSA) is 45.2 Å². The number of nitrogens with zero attached hydrogens (tertiary/aromatic N) is 2. The third-order valence-electron chi connectivity index (χ3n) is 4.63. The average Bonchev–Trinajstić information content (AvgIpc) is 3.39. The van der Waals surface area contributed by atoms with E-state index in [1.54, 1.807) is 0 Å². The van der Waals surface area contributed by atoms with Gasteiger partial charge in [0.05, 0.1) is 22.8 Å². The molecule has 0 spiro atoms. The molecule has 1 fully saturated rings. The lowest BCUT2D eigenvalue weighted by atomic mass is 10.2. The van der Waals surface area contributed by atoms with Gasteiger partial charge in [0, 0.05) is 34.1 Å². The second-order valence-corrected chi connectivity index (χ2v) is 9.65. The number of carbonyl (C=O) groups is 1. The standard InChI is InChI=1S/C21H19Cl2N3OS2/c22-15-5-3-14(4-6-15)18-12-28-21(25-18)29-13-20(27)24-17-11-16(23)7-8-19(17)26-9-1-2-10-26/h3-8,11-12H,1-2,9-10,13H2,(H,24,27). The van der Waals surface area contributed by atoms with Gasteiger partial charge in [-0.15, -0.1) is 11.3 Å². The second kappa shape index (κ2) is 9.39. The molecule has 0 unspecified atom stereocenters. The molecule has 2 heterocycles. The smallest absolute Gasteiger partial charge is 0.234 e. The summed E-state index contributed by atoms with van der Waals surface area (Å²) in [6.45, 7) is 2.01. The van der Waals surface area contributed by atoms with Crippen molar-refractivity contribution in [2.45, 2.75) is 17.2 Å². The predicted molar refractivity (Wildman–Crippen MR) is 125 cm³/mol. The van der Waals surface area contributed by atoms with Crippen LogP contribution in [0.4, 0.5) is 11.4 Å².